The molecule has 4 heteroatoms. The second-order valence-electron chi connectivity index (χ2n) is 5.24. The van der Waals surface area contributed by atoms with Crippen molar-refractivity contribution in [3.63, 3.8) is 0 Å². The summed E-state index contributed by atoms with van der Waals surface area (Å²) in [6.45, 7) is 6.94. The largest absolute Gasteiger partial charge is 0.341 e. The Morgan fingerprint density at radius 3 is 2.73 bits per heavy atom. The van der Waals surface area contributed by atoms with E-state index in [2.05, 4.69) is 70.8 Å². The van der Waals surface area contributed by atoms with Gasteiger partial charge in [-0.2, -0.15) is 0 Å². The zero-order valence-electron chi connectivity index (χ0n) is 12.4. The molecule has 4 aromatic rings. The Morgan fingerprint density at radius 1 is 1.09 bits per heavy atom. The lowest BCUT2D eigenvalue weighted by Crippen LogP contribution is -1.99. The van der Waals surface area contributed by atoms with Gasteiger partial charge < -0.3 is 4.57 Å². The van der Waals surface area contributed by atoms with E-state index in [0.29, 0.717) is 0 Å². The van der Waals surface area contributed by atoms with E-state index in [0.717, 1.165) is 17.9 Å². The van der Waals surface area contributed by atoms with Gasteiger partial charge in [-0.05, 0) is 37.3 Å². The van der Waals surface area contributed by atoms with Gasteiger partial charge in [0.1, 0.15) is 0 Å². The molecule has 2 aromatic heterocycles. The van der Waals surface area contributed by atoms with Crippen molar-refractivity contribution < 1.29 is 0 Å². The fourth-order valence-corrected chi connectivity index (χ4v) is 3.10. The molecule has 0 saturated heterocycles. The summed E-state index contributed by atoms with van der Waals surface area (Å²) in [5, 5.41) is 10.6. The Labute approximate surface area is 128 Å². The van der Waals surface area contributed by atoms with E-state index in [1.807, 2.05) is 4.68 Å². The quantitative estimate of drug-likeness (QED) is 0.570. The van der Waals surface area contributed by atoms with Gasteiger partial charge in [0, 0.05) is 28.4 Å². The Bertz CT molecular complexity index is 991. The second-order valence-corrected chi connectivity index (χ2v) is 5.24. The maximum absolute atomic E-state index is 4.16. The Hall–Kier alpha value is -2.88. The smallest absolute Gasteiger partial charge is 0.0866 e. The number of hydrogen-bond donors (Lipinski definition) is 0. The van der Waals surface area contributed by atoms with E-state index in [-0.39, 0.29) is 0 Å². The molecule has 0 radical (unpaired) electrons. The van der Waals surface area contributed by atoms with Gasteiger partial charge in [0.25, 0.3) is 0 Å². The Balaban J connectivity index is 2.06. The van der Waals surface area contributed by atoms with Crippen molar-refractivity contribution in [1.29, 1.82) is 0 Å². The van der Waals surface area contributed by atoms with Gasteiger partial charge >= 0.3 is 0 Å². The molecule has 2 aromatic carbocycles. The highest BCUT2D eigenvalue weighted by Crippen LogP contribution is 2.30. The topological polar surface area (TPSA) is 35.6 Å². The van der Waals surface area contributed by atoms with E-state index < -0.39 is 0 Å². The van der Waals surface area contributed by atoms with Crippen molar-refractivity contribution >= 4 is 27.9 Å². The van der Waals surface area contributed by atoms with Crippen LogP contribution in [-0.4, -0.2) is 19.6 Å². The monoisotopic (exact) mass is 288 g/mol. The maximum Gasteiger partial charge on any atom is 0.0866 e. The summed E-state index contributed by atoms with van der Waals surface area (Å²) in [5.41, 5.74) is 4.39. The van der Waals surface area contributed by atoms with Crippen LogP contribution in [0.25, 0.3) is 33.6 Å². The van der Waals surface area contributed by atoms with Crippen LogP contribution >= 0.6 is 0 Å². The van der Waals surface area contributed by atoms with Crippen molar-refractivity contribution in [3.05, 3.63) is 60.9 Å². The van der Waals surface area contributed by atoms with Crippen LogP contribution in [0.2, 0.25) is 0 Å². The minimum absolute atomic E-state index is 0.888. The van der Waals surface area contributed by atoms with Crippen LogP contribution in [-0.2, 0) is 6.54 Å². The highest BCUT2D eigenvalue weighted by Gasteiger charge is 2.11. The van der Waals surface area contributed by atoms with Crippen LogP contribution in [0.1, 0.15) is 12.6 Å². The second kappa shape index (κ2) is 4.84. The molecule has 0 fully saturated rings. The summed E-state index contributed by atoms with van der Waals surface area (Å²) in [5.74, 6) is 0. The van der Waals surface area contributed by atoms with Crippen molar-refractivity contribution in [2.45, 2.75) is 13.5 Å². The molecule has 0 aliphatic heterocycles. The fourth-order valence-electron chi connectivity index (χ4n) is 3.10. The lowest BCUT2D eigenvalue weighted by molar-refractivity contribution is 0.798. The molecule has 0 aliphatic carbocycles. The van der Waals surface area contributed by atoms with E-state index in [1.54, 1.807) is 12.3 Å². The van der Waals surface area contributed by atoms with Gasteiger partial charge in [-0.15, -0.1) is 5.10 Å². The number of hydrogen-bond acceptors (Lipinski definition) is 2. The minimum Gasteiger partial charge on any atom is -0.341 e. The molecule has 22 heavy (non-hydrogen) atoms. The maximum atomic E-state index is 4.16. The Morgan fingerprint density at radius 2 is 1.91 bits per heavy atom. The van der Waals surface area contributed by atoms with Gasteiger partial charge in [-0.1, -0.05) is 30.0 Å². The first-order chi connectivity index (χ1) is 10.8. The van der Waals surface area contributed by atoms with Crippen LogP contribution in [0.5, 0.6) is 0 Å². The number of aromatic nitrogens is 4. The molecular formula is C18H16N4. The number of para-hydroxylation sites is 1. The average molecular weight is 288 g/mol. The first-order valence-electron chi connectivity index (χ1n) is 7.38. The predicted octanol–water partition coefficient (Wildman–Crippen LogP) is 4.04. The lowest BCUT2D eigenvalue weighted by atomic mass is 10.1. The van der Waals surface area contributed by atoms with E-state index in [4.69, 9.17) is 0 Å². The van der Waals surface area contributed by atoms with Crippen LogP contribution in [0.4, 0.5) is 0 Å². The molecule has 0 amide bonds. The van der Waals surface area contributed by atoms with Gasteiger partial charge in [0.2, 0.25) is 0 Å². The molecular weight excluding hydrogens is 272 g/mol. The molecule has 0 atom stereocenters. The molecule has 0 spiro atoms. The van der Waals surface area contributed by atoms with Crippen LogP contribution in [0.15, 0.2) is 55.2 Å². The first-order valence-corrected chi connectivity index (χ1v) is 7.38. The van der Waals surface area contributed by atoms with Gasteiger partial charge in [-0.25, -0.2) is 4.68 Å². The minimum atomic E-state index is 0.888. The van der Waals surface area contributed by atoms with E-state index in [1.165, 1.54) is 21.8 Å². The lowest BCUT2D eigenvalue weighted by Gasteiger charge is -2.05. The molecule has 0 saturated carbocycles. The van der Waals surface area contributed by atoms with Gasteiger partial charge in [0.05, 0.1) is 17.6 Å². The normalized spacial score (nSPS) is 11.3. The van der Waals surface area contributed by atoms with Gasteiger partial charge in [-0.3, -0.25) is 0 Å². The van der Waals surface area contributed by atoms with Crippen LogP contribution < -0.4 is 0 Å². The SMILES string of the molecule is C=Cc1cnnn1-c1ccc2c(c1)c1ccccc1n2CC. The number of nitrogens with zero attached hydrogens (tertiary/aromatic N) is 4. The van der Waals surface area contributed by atoms with E-state index in [9.17, 15) is 0 Å². The average Bonchev–Trinajstić information content (AvgIpc) is 3.16. The fraction of sp³-hybridized carbons (Fsp3) is 0.111. The molecule has 2 heterocycles. The van der Waals surface area contributed by atoms with Crippen LogP contribution in [0, 0.1) is 0 Å². The highest BCUT2D eigenvalue weighted by atomic mass is 15.4. The molecule has 0 N–H and O–H groups in total. The third-order valence-electron chi connectivity index (χ3n) is 4.10. The van der Waals surface area contributed by atoms with Gasteiger partial charge in [0.15, 0.2) is 0 Å². The van der Waals surface area contributed by atoms with Crippen molar-refractivity contribution in [3.8, 4) is 5.69 Å². The summed E-state index contributed by atoms with van der Waals surface area (Å²) in [4.78, 5) is 0. The summed E-state index contributed by atoms with van der Waals surface area (Å²) in [6, 6.07) is 14.9. The highest BCUT2D eigenvalue weighted by molar-refractivity contribution is 6.08. The zero-order chi connectivity index (χ0) is 15.1. The third kappa shape index (κ3) is 1.70. The summed E-state index contributed by atoms with van der Waals surface area (Å²) >= 11 is 0. The third-order valence-corrected chi connectivity index (χ3v) is 4.10. The van der Waals surface area contributed by atoms with Crippen molar-refractivity contribution in [2.75, 3.05) is 0 Å². The van der Waals surface area contributed by atoms with Crippen molar-refractivity contribution in [2.24, 2.45) is 0 Å². The molecule has 108 valence electrons. The molecule has 4 rings (SSSR count). The zero-order valence-corrected chi connectivity index (χ0v) is 12.4. The number of aryl methyl sites for hydroxylation is 1. The first kappa shape index (κ1) is 12.8. The Kier molecular flexibility index (Phi) is 2.82. The summed E-state index contributed by atoms with van der Waals surface area (Å²) in [6.07, 6.45) is 3.48. The molecule has 0 bridgehead atoms. The van der Waals surface area contributed by atoms with Crippen molar-refractivity contribution in [1.82, 2.24) is 19.6 Å². The van der Waals surface area contributed by atoms with Crippen LogP contribution in [0.3, 0.4) is 0 Å². The predicted molar refractivity (Wildman–Crippen MR) is 90.1 cm³/mol. The number of benzene rings is 2. The standard InChI is InChI=1S/C18H16N4/c1-3-13-12-19-20-22(13)14-9-10-18-16(11-14)15-7-5-6-8-17(15)21(18)4-2/h3,5-12H,1,4H2,2H3. The number of rotatable bonds is 3. The summed E-state index contributed by atoms with van der Waals surface area (Å²) in [7, 11) is 0. The molecule has 4 nitrogen and oxygen atoms in total. The van der Waals surface area contributed by atoms with E-state index >= 15 is 0 Å². The molecule has 0 aliphatic rings. The summed E-state index contributed by atoms with van der Waals surface area (Å²) < 4.78 is 4.15. The molecule has 0 unspecified atom stereocenters. The number of fused-ring (bicyclic) bond motifs is 3.